The van der Waals surface area contributed by atoms with Crippen molar-refractivity contribution in [1.82, 2.24) is 4.98 Å². The number of benzene rings is 4. The van der Waals surface area contributed by atoms with Crippen LogP contribution in [0.5, 0.6) is 0 Å². The zero-order valence-corrected chi connectivity index (χ0v) is 20.4. The van der Waals surface area contributed by atoms with Gasteiger partial charge >= 0.3 is 0 Å². The Balaban J connectivity index is 1.39. The minimum absolute atomic E-state index is 0.121. The second-order valence-corrected chi connectivity index (χ2v) is 9.32. The van der Waals surface area contributed by atoms with E-state index in [-0.39, 0.29) is 35.1 Å². The number of hydrogen-bond acceptors (Lipinski definition) is 5. The molecule has 0 aliphatic carbocycles. The molecule has 1 amide bonds. The molecular formula is C30H21FN2O3S. The van der Waals surface area contributed by atoms with Crippen molar-refractivity contribution in [3.8, 4) is 11.3 Å². The van der Waals surface area contributed by atoms with Crippen LogP contribution in [0.2, 0.25) is 0 Å². The van der Waals surface area contributed by atoms with E-state index in [4.69, 9.17) is 0 Å². The molecule has 0 aliphatic rings. The summed E-state index contributed by atoms with van der Waals surface area (Å²) < 4.78 is 14.2. The van der Waals surface area contributed by atoms with Gasteiger partial charge < -0.3 is 5.32 Å². The highest BCUT2D eigenvalue weighted by Crippen LogP contribution is 2.33. The summed E-state index contributed by atoms with van der Waals surface area (Å²) >= 11 is 1.25. The molecule has 1 aromatic heterocycles. The van der Waals surface area contributed by atoms with Crippen molar-refractivity contribution in [3.05, 3.63) is 119 Å². The highest BCUT2D eigenvalue weighted by Gasteiger charge is 2.27. The number of hydrogen-bond donors (Lipinski definition) is 1. The number of Topliss-reactive ketones (excluding diaryl/α,β-unsaturated/α-hetero) is 1. The van der Waals surface area contributed by atoms with Gasteiger partial charge in [0, 0.05) is 33.9 Å². The molecule has 0 bridgehead atoms. The highest BCUT2D eigenvalue weighted by molar-refractivity contribution is 7.14. The van der Waals surface area contributed by atoms with Crippen LogP contribution in [0.3, 0.4) is 0 Å². The Morgan fingerprint density at radius 3 is 2.38 bits per heavy atom. The molecule has 1 N–H and O–H groups in total. The molecule has 0 saturated heterocycles. The first-order valence-electron chi connectivity index (χ1n) is 11.6. The maximum Gasteiger partial charge on any atom is 0.227 e. The highest BCUT2D eigenvalue weighted by atomic mass is 32.1. The van der Waals surface area contributed by atoms with Crippen molar-refractivity contribution in [2.24, 2.45) is 0 Å². The number of fused-ring (bicyclic) bond motifs is 1. The summed E-state index contributed by atoms with van der Waals surface area (Å²) in [6.07, 6.45) is 0.524. The van der Waals surface area contributed by atoms with Gasteiger partial charge in [-0.2, -0.15) is 0 Å². The zero-order chi connectivity index (χ0) is 25.8. The molecule has 5 rings (SSSR count). The lowest BCUT2D eigenvalue weighted by molar-refractivity contribution is -0.116. The third-order valence-corrected chi connectivity index (χ3v) is 6.92. The van der Waals surface area contributed by atoms with Crippen LogP contribution in [-0.4, -0.2) is 23.0 Å². The van der Waals surface area contributed by atoms with Gasteiger partial charge in [0.1, 0.15) is 5.82 Å². The molecular weight excluding hydrogens is 487 g/mol. The number of carbonyl (C=O) groups is 3. The number of aromatic nitrogens is 1. The summed E-state index contributed by atoms with van der Waals surface area (Å²) in [5, 5.41) is 6.21. The molecule has 4 aromatic carbocycles. The van der Waals surface area contributed by atoms with Gasteiger partial charge in [0.05, 0.1) is 11.6 Å². The number of halogens is 1. The summed E-state index contributed by atoms with van der Waals surface area (Å²) in [6, 6.07) is 25.8. The van der Waals surface area contributed by atoms with E-state index in [9.17, 15) is 18.8 Å². The Morgan fingerprint density at radius 1 is 0.892 bits per heavy atom. The van der Waals surface area contributed by atoms with Gasteiger partial charge in [0.2, 0.25) is 5.91 Å². The minimum atomic E-state index is -0.775. The van der Waals surface area contributed by atoms with E-state index in [0.717, 1.165) is 10.9 Å². The molecule has 5 nitrogen and oxygen atoms in total. The van der Waals surface area contributed by atoms with Crippen LogP contribution in [0, 0.1) is 5.82 Å². The van der Waals surface area contributed by atoms with Crippen LogP contribution in [0.4, 0.5) is 9.52 Å². The Hall–Kier alpha value is -4.49. The summed E-state index contributed by atoms with van der Waals surface area (Å²) in [7, 11) is 0. The molecule has 182 valence electrons. The van der Waals surface area contributed by atoms with E-state index < -0.39 is 5.92 Å². The van der Waals surface area contributed by atoms with Crippen molar-refractivity contribution >= 4 is 45.2 Å². The molecule has 1 unspecified atom stereocenters. The second-order valence-electron chi connectivity index (χ2n) is 8.46. The topological polar surface area (TPSA) is 76.1 Å². The van der Waals surface area contributed by atoms with Crippen LogP contribution in [0.15, 0.2) is 96.4 Å². The number of nitrogens with one attached hydrogen (secondary N) is 1. The molecule has 0 fully saturated rings. The Bertz CT molecular complexity index is 1610. The van der Waals surface area contributed by atoms with Crippen LogP contribution < -0.4 is 5.32 Å². The fraction of sp³-hybridized carbons (Fsp3) is 0.0667. The standard InChI is InChI=1S/C30H21FN2O3S/c31-26-15-14-24(22-12-6-7-13-23(22)26)27-18-37-30(32-27)33-28(35)16-25(19-8-2-1-3-9-19)29(36)21-11-5-4-10-20(21)17-34/h1-15,17-18,25H,16H2,(H,32,33,35). The molecule has 5 aromatic rings. The lowest BCUT2D eigenvalue weighted by Crippen LogP contribution is -2.22. The van der Waals surface area contributed by atoms with Gasteiger partial charge in [0.15, 0.2) is 17.2 Å². The molecule has 1 atom stereocenters. The first-order valence-corrected chi connectivity index (χ1v) is 12.5. The fourth-order valence-corrected chi connectivity index (χ4v) is 5.08. The quantitative estimate of drug-likeness (QED) is 0.183. The van der Waals surface area contributed by atoms with E-state index in [1.807, 2.05) is 18.2 Å². The number of rotatable bonds is 8. The van der Waals surface area contributed by atoms with Crippen LogP contribution in [0.1, 0.15) is 38.6 Å². The number of ketones is 1. The molecule has 0 saturated carbocycles. The van der Waals surface area contributed by atoms with Crippen molar-refractivity contribution in [3.63, 3.8) is 0 Å². The van der Waals surface area contributed by atoms with Crippen molar-refractivity contribution in [1.29, 1.82) is 0 Å². The first-order chi connectivity index (χ1) is 18.0. The number of nitrogens with zero attached hydrogens (tertiary/aromatic N) is 1. The largest absolute Gasteiger partial charge is 0.302 e. The van der Waals surface area contributed by atoms with E-state index in [1.54, 1.807) is 72.1 Å². The lowest BCUT2D eigenvalue weighted by atomic mass is 9.86. The SMILES string of the molecule is O=Cc1ccccc1C(=O)C(CC(=O)Nc1nc(-c2ccc(F)c3ccccc23)cs1)c1ccccc1. The number of carbonyl (C=O) groups excluding carboxylic acids is 3. The second kappa shape index (κ2) is 10.6. The third-order valence-electron chi connectivity index (χ3n) is 6.16. The number of anilines is 1. The van der Waals surface area contributed by atoms with E-state index in [1.165, 1.54) is 17.4 Å². The monoisotopic (exact) mass is 508 g/mol. The Labute approximate surface area is 216 Å². The van der Waals surface area contributed by atoms with Gasteiger partial charge in [-0.3, -0.25) is 14.4 Å². The van der Waals surface area contributed by atoms with E-state index >= 15 is 0 Å². The number of thiazole rings is 1. The van der Waals surface area contributed by atoms with Crippen LogP contribution in [-0.2, 0) is 4.79 Å². The van der Waals surface area contributed by atoms with Crippen molar-refractivity contribution in [2.75, 3.05) is 5.32 Å². The van der Waals surface area contributed by atoms with Gasteiger partial charge in [0.25, 0.3) is 0 Å². The van der Waals surface area contributed by atoms with Gasteiger partial charge in [-0.25, -0.2) is 9.37 Å². The molecule has 1 heterocycles. The summed E-state index contributed by atoms with van der Waals surface area (Å²) in [6.45, 7) is 0. The van der Waals surface area contributed by atoms with Crippen molar-refractivity contribution < 1.29 is 18.8 Å². The number of aldehydes is 1. The van der Waals surface area contributed by atoms with E-state index in [0.29, 0.717) is 28.1 Å². The maximum absolute atomic E-state index is 14.2. The lowest BCUT2D eigenvalue weighted by Gasteiger charge is -2.17. The van der Waals surface area contributed by atoms with Crippen molar-refractivity contribution in [2.45, 2.75) is 12.3 Å². The summed E-state index contributed by atoms with van der Waals surface area (Å²) in [4.78, 5) is 42.6. The Morgan fingerprint density at radius 2 is 1.59 bits per heavy atom. The minimum Gasteiger partial charge on any atom is -0.302 e. The molecule has 37 heavy (non-hydrogen) atoms. The number of amides is 1. The predicted octanol–water partition coefficient (Wildman–Crippen LogP) is 6.91. The molecule has 0 spiro atoms. The summed E-state index contributed by atoms with van der Waals surface area (Å²) in [5.74, 6) is -1.77. The molecule has 7 heteroatoms. The van der Waals surface area contributed by atoms with Gasteiger partial charge in [-0.1, -0.05) is 78.9 Å². The van der Waals surface area contributed by atoms with Gasteiger partial charge in [-0.05, 0) is 23.1 Å². The van der Waals surface area contributed by atoms with Crippen LogP contribution in [0.25, 0.3) is 22.0 Å². The average Bonchev–Trinajstić information content (AvgIpc) is 3.40. The first kappa shape index (κ1) is 24.2. The zero-order valence-electron chi connectivity index (χ0n) is 19.6. The van der Waals surface area contributed by atoms with E-state index in [2.05, 4.69) is 10.3 Å². The Kier molecular flexibility index (Phi) is 6.96. The molecule has 0 aliphatic heterocycles. The maximum atomic E-state index is 14.2. The third kappa shape index (κ3) is 5.08. The fourth-order valence-electron chi connectivity index (χ4n) is 4.36. The van der Waals surface area contributed by atoms with Gasteiger partial charge in [-0.15, -0.1) is 11.3 Å². The smallest absolute Gasteiger partial charge is 0.227 e. The average molecular weight is 509 g/mol. The predicted molar refractivity (Wildman–Crippen MR) is 144 cm³/mol. The summed E-state index contributed by atoms with van der Waals surface area (Å²) in [5.41, 5.74) is 2.62. The molecule has 0 radical (unpaired) electrons. The van der Waals surface area contributed by atoms with Crippen LogP contribution >= 0.6 is 11.3 Å². The normalized spacial score (nSPS) is 11.7.